The lowest BCUT2D eigenvalue weighted by atomic mass is 9.53. The first kappa shape index (κ1) is 42.6. The Hall–Kier alpha value is -1.52. The largest absolute Gasteiger partial charge is 0.456 e. The van der Waals surface area contributed by atoms with Gasteiger partial charge in [-0.1, -0.05) is 18.9 Å². The van der Waals surface area contributed by atoms with Crippen LogP contribution < -0.4 is 27.4 Å². The third-order valence-electron chi connectivity index (χ3n) is 15.8. The third-order valence-corrected chi connectivity index (χ3v) is 15.8. The Balaban J connectivity index is 1.35. The van der Waals surface area contributed by atoms with Crippen molar-refractivity contribution in [1.29, 1.82) is 0 Å². The molecule has 0 aromatic rings. The van der Waals surface area contributed by atoms with Gasteiger partial charge >= 0.3 is 5.97 Å². The normalized spacial score (nSPS) is 47.3. The second-order valence-electron chi connectivity index (χ2n) is 19.0. The van der Waals surface area contributed by atoms with Crippen LogP contribution in [0.2, 0.25) is 0 Å². The van der Waals surface area contributed by atoms with Crippen LogP contribution in [0.3, 0.4) is 0 Å². The molecule has 0 aromatic carbocycles. The number of hydrogen-bond acceptors (Lipinski definition) is 13. The van der Waals surface area contributed by atoms with Crippen molar-refractivity contribution in [2.24, 2.45) is 64.7 Å². The minimum absolute atomic E-state index is 0.00294. The molecule has 5 aliphatic heterocycles. The maximum atomic E-state index is 14.2. The molecule has 5 saturated heterocycles. The van der Waals surface area contributed by atoms with Crippen molar-refractivity contribution in [2.45, 2.75) is 158 Å². The summed E-state index contributed by atoms with van der Waals surface area (Å²) in [5, 5.41) is 44.0. The predicted octanol–water partition coefficient (Wildman–Crippen LogP) is 2.10. The van der Waals surface area contributed by atoms with E-state index in [9.17, 15) is 24.9 Å². The molecule has 13 nitrogen and oxygen atoms in total. The Morgan fingerprint density at radius 1 is 1.00 bits per heavy atom. The molecule has 0 spiro atoms. The number of aliphatic hydroxyl groups is 3. The van der Waals surface area contributed by atoms with Crippen molar-refractivity contribution in [3.63, 3.8) is 0 Å². The van der Waals surface area contributed by atoms with Crippen LogP contribution in [0.1, 0.15) is 104 Å². The molecule has 318 valence electrons. The number of nitrogens with two attached hydrogens (primary N) is 2. The number of allylic oxidation sites excluding steroid dienone is 1. The summed E-state index contributed by atoms with van der Waals surface area (Å²) in [5.41, 5.74) is 13.1. The van der Waals surface area contributed by atoms with Crippen molar-refractivity contribution in [3.05, 3.63) is 11.6 Å². The van der Waals surface area contributed by atoms with Gasteiger partial charge in [-0.3, -0.25) is 4.79 Å². The smallest absolute Gasteiger partial charge is 0.334 e. The van der Waals surface area contributed by atoms with Gasteiger partial charge in [0.15, 0.2) is 0 Å². The van der Waals surface area contributed by atoms with Gasteiger partial charge < -0.3 is 56.9 Å². The van der Waals surface area contributed by atoms with Crippen LogP contribution >= 0.6 is 0 Å². The van der Waals surface area contributed by atoms with E-state index < -0.39 is 48.0 Å². The van der Waals surface area contributed by atoms with Crippen LogP contribution in [0.15, 0.2) is 11.6 Å². The van der Waals surface area contributed by atoms with E-state index in [1.165, 1.54) is 0 Å². The fourth-order valence-corrected chi connectivity index (χ4v) is 12.8. The van der Waals surface area contributed by atoms with Crippen molar-refractivity contribution in [2.75, 3.05) is 33.3 Å². The Bertz CT molecular complexity index is 1380. The molecule has 56 heavy (non-hydrogen) atoms. The molecule has 0 aromatic heterocycles. The Morgan fingerprint density at radius 3 is 2.54 bits per heavy atom. The molecule has 0 radical (unpaired) electrons. The van der Waals surface area contributed by atoms with E-state index in [-0.39, 0.29) is 72.8 Å². The number of nitrogens with one attached hydrogen (secondary N) is 3. The number of ether oxygens (including phenoxy) is 3. The van der Waals surface area contributed by atoms with E-state index in [4.69, 9.17) is 25.7 Å². The Kier molecular flexibility index (Phi) is 14.0. The zero-order valence-corrected chi connectivity index (χ0v) is 34.2. The van der Waals surface area contributed by atoms with E-state index in [2.05, 4.69) is 22.9 Å². The van der Waals surface area contributed by atoms with Gasteiger partial charge in [0.1, 0.15) is 17.5 Å². The van der Waals surface area contributed by atoms with Gasteiger partial charge in [-0.05, 0) is 147 Å². The maximum Gasteiger partial charge on any atom is 0.334 e. The molecule has 7 rings (SSSR count). The molecule has 2 saturated carbocycles. The van der Waals surface area contributed by atoms with Gasteiger partial charge in [-0.2, -0.15) is 0 Å². The molecule has 2 aliphatic carbocycles. The molecular weight excluding hydrogens is 714 g/mol. The van der Waals surface area contributed by atoms with E-state index in [0.29, 0.717) is 36.8 Å². The number of carbonyl (C=O) groups excluding carboxylic acids is 2. The zero-order chi connectivity index (χ0) is 39.7. The number of piperidine rings is 2. The van der Waals surface area contributed by atoms with Crippen molar-refractivity contribution in [1.82, 2.24) is 16.0 Å². The van der Waals surface area contributed by atoms with E-state index in [0.717, 1.165) is 83.7 Å². The molecule has 5 heterocycles. The summed E-state index contributed by atoms with van der Waals surface area (Å²) >= 11 is 0. The van der Waals surface area contributed by atoms with Gasteiger partial charge in [0.2, 0.25) is 0 Å². The standard InChI is InChI=1S/C43H73N5O8/c1-4-25(12-14-46-3)42(53)55-34-20-32-38(52)37-33(51)19-28(22-49)54-40(37)36-31(18-23-6-5-7-27(50)17-23)29-13-15-47-41(45)30(29)10-9-26(43(34,2)56-39(32)36)16-24-8-11-35(44)48-21-24/h4,23-24,26-32,34-41,46-50,52H,5-22,44-45H2,1-3H3/t23?,24?,26-,27?,28?,29?,30?,31?,32?,34-,35?,36?,37?,38?,39?,40?,41?,43-/m0/s1. The molecule has 7 fully saturated rings. The number of aliphatic hydroxyl groups excluding tert-OH is 3. The molecule has 7 aliphatic rings. The van der Waals surface area contributed by atoms with Crippen molar-refractivity contribution in [3.8, 4) is 0 Å². The number of esters is 1. The monoisotopic (exact) mass is 788 g/mol. The first-order valence-electron chi connectivity index (χ1n) is 22.3. The van der Waals surface area contributed by atoms with Crippen LogP contribution in [-0.2, 0) is 23.8 Å². The van der Waals surface area contributed by atoms with Crippen LogP contribution in [0.25, 0.3) is 0 Å². The quantitative estimate of drug-likeness (QED) is 0.118. The number of rotatable bonds is 10. The van der Waals surface area contributed by atoms with Gasteiger partial charge in [0.25, 0.3) is 0 Å². The van der Waals surface area contributed by atoms with Crippen LogP contribution in [-0.4, -0.2) is 115 Å². The molecular formula is C43H73N5O8. The van der Waals surface area contributed by atoms with Crippen molar-refractivity contribution < 1.29 is 39.1 Å². The summed E-state index contributed by atoms with van der Waals surface area (Å²) in [5.74, 6) is -0.916. The van der Waals surface area contributed by atoms with Gasteiger partial charge in [-0.25, -0.2) is 4.79 Å². The van der Waals surface area contributed by atoms with Crippen molar-refractivity contribution >= 4 is 11.8 Å². The van der Waals surface area contributed by atoms with E-state index in [1.807, 2.05) is 20.0 Å². The van der Waals surface area contributed by atoms with Gasteiger partial charge in [0.05, 0.1) is 55.4 Å². The summed E-state index contributed by atoms with van der Waals surface area (Å²) in [6, 6.07) is 0. The lowest BCUT2D eigenvalue weighted by Gasteiger charge is -2.62. The summed E-state index contributed by atoms with van der Waals surface area (Å²) in [6.45, 7) is 5.96. The highest BCUT2D eigenvalue weighted by Crippen LogP contribution is 2.58. The predicted molar refractivity (Wildman–Crippen MR) is 212 cm³/mol. The molecule has 0 amide bonds. The summed E-state index contributed by atoms with van der Waals surface area (Å²) < 4.78 is 21.2. The second kappa shape index (κ2) is 18.4. The number of carbonyl (C=O) groups is 2. The Labute approximate surface area is 334 Å². The molecule has 18 atom stereocenters. The summed E-state index contributed by atoms with van der Waals surface area (Å²) in [6.07, 6.45) is 8.52. The zero-order valence-electron chi connectivity index (χ0n) is 34.2. The number of hydrogen-bond donors (Lipinski definition) is 8. The van der Waals surface area contributed by atoms with Crippen LogP contribution in [0.4, 0.5) is 0 Å². The highest BCUT2D eigenvalue weighted by molar-refractivity contribution is 5.88. The molecule has 13 heteroatoms. The second-order valence-corrected chi connectivity index (χ2v) is 19.0. The molecule has 15 unspecified atom stereocenters. The third kappa shape index (κ3) is 8.69. The SMILES string of the molecule is CC=C(CCNC)C(=O)O[C@H]1CC2C(O)C3C(=O)CC(CO)OC3C3C(CC4CCCC(O)C4)C4CCNC(N)C4CC[C@@H](CC4CCC(N)NC4)[C@]1(C)OC23. The topological polar surface area (TPSA) is 211 Å². The van der Waals surface area contributed by atoms with Crippen LogP contribution in [0, 0.1) is 53.3 Å². The lowest BCUT2D eigenvalue weighted by molar-refractivity contribution is -0.306. The fraction of sp³-hybridized carbons (Fsp3) is 0.907. The number of ketones is 1. The fourth-order valence-electron chi connectivity index (χ4n) is 12.8. The number of fused-ring (bicyclic) bond motifs is 4. The maximum absolute atomic E-state index is 14.2. The van der Waals surface area contributed by atoms with Crippen LogP contribution in [0.5, 0.6) is 0 Å². The average molecular weight is 788 g/mol. The summed E-state index contributed by atoms with van der Waals surface area (Å²) in [7, 11) is 1.86. The highest BCUT2D eigenvalue weighted by Gasteiger charge is 2.65. The Morgan fingerprint density at radius 2 is 1.82 bits per heavy atom. The van der Waals surface area contributed by atoms with E-state index in [1.54, 1.807) is 0 Å². The lowest BCUT2D eigenvalue weighted by Crippen LogP contribution is -2.71. The minimum Gasteiger partial charge on any atom is -0.456 e. The average Bonchev–Trinajstić information content (AvgIpc) is 3.17. The first-order valence-corrected chi connectivity index (χ1v) is 22.3. The summed E-state index contributed by atoms with van der Waals surface area (Å²) in [4.78, 5) is 28.3. The number of Topliss-reactive ketones (excluding diaryl/α,β-unsaturated/α-hetero) is 1. The minimum atomic E-state index is -1.06. The molecule has 10 N–H and O–H groups in total. The van der Waals surface area contributed by atoms with Gasteiger partial charge in [0, 0.05) is 23.8 Å². The highest BCUT2D eigenvalue weighted by atomic mass is 16.6. The molecule has 2 bridgehead atoms. The van der Waals surface area contributed by atoms with Gasteiger partial charge in [-0.15, -0.1) is 0 Å². The first-order chi connectivity index (χ1) is 26.9. The van der Waals surface area contributed by atoms with E-state index >= 15 is 0 Å².